The third-order valence-electron chi connectivity index (χ3n) is 4.23. The molecule has 1 aliphatic heterocycles. The van der Waals surface area contributed by atoms with Gasteiger partial charge in [0.05, 0.1) is 10.8 Å². The first-order chi connectivity index (χ1) is 11.2. The molecule has 3 rings (SSSR count). The Balaban J connectivity index is 2.03. The number of hydrogen-bond acceptors (Lipinski definition) is 2. The standard InChI is InChI=1S/C20H23NOS/c1-3-5-11-21-20-17(8-4-2)13-18-12-15-9-6-7-10-16(15)14-19(18)23(20)22/h4,6-7,9-10,12-14,20-21H,2-3,5,8,11H2,1H3. The first kappa shape index (κ1) is 16.2. The minimum Gasteiger partial charge on any atom is -0.299 e. The van der Waals surface area contributed by atoms with E-state index in [2.05, 4.69) is 49.2 Å². The largest absolute Gasteiger partial charge is 0.299 e. The molecule has 0 radical (unpaired) electrons. The van der Waals surface area contributed by atoms with Crippen LogP contribution in [-0.4, -0.2) is 16.1 Å². The van der Waals surface area contributed by atoms with Crippen molar-refractivity contribution in [2.75, 3.05) is 6.54 Å². The van der Waals surface area contributed by atoms with E-state index in [0.29, 0.717) is 0 Å². The van der Waals surface area contributed by atoms with E-state index in [1.165, 1.54) is 5.39 Å². The van der Waals surface area contributed by atoms with Gasteiger partial charge in [0.25, 0.3) is 0 Å². The van der Waals surface area contributed by atoms with Crippen LogP contribution in [0.25, 0.3) is 16.8 Å². The summed E-state index contributed by atoms with van der Waals surface area (Å²) >= 11 is 0. The van der Waals surface area contributed by atoms with Gasteiger partial charge in [-0.1, -0.05) is 49.8 Å². The minimum absolute atomic E-state index is 0.104. The number of allylic oxidation sites excluding steroid dienone is 1. The summed E-state index contributed by atoms with van der Waals surface area (Å²) in [5.74, 6) is 0. The molecule has 0 saturated carbocycles. The van der Waals surface area contributed by atoms with Crippen molar-refractivity contribution in [3.05, 3.63) is 60.2 Å². The molecular weight excluding hydrogens is 302 g/mol. The number of fused-ring (bicyclic) bond motifs is 2. The van der Waals surface area contributed by atoms with Crippen LogP contribution in [0.5, 0.6) is 0 Å². The highest BCUT2D eigenvalue weighted by Gasteiger charge is 2.27. The van der Waals surface area contributed by atoms with Crippen molar-refractivity contribution in [2.24, 2.45) is 0 Å². The lowest BCUT2D eigenvalue weighted by Gasteiger charge is -2.26. The van der Waals surface area contributed by atoms with Crippen LogP contribution in [0, 0.1) is 0 Å². The predicted octanol–water partition coefficient (Wildman–Crippen LogP) is 4.64. The van der Waals surface area contributed by atoms with Crippen molar-refractivity contribution in [1.82, 2.24) is 5.32 Å². The van der Waals surface area contributed by atoms with Gasteiger partial charge in [0.15, 0.2) is 0 Å². The minimum atomic E-state index is -1.07. The zero-order chi connectivity index (χ0) is 16.2. The molecule has 1 N–H and O–H groups in total. The molecule has 2 aromatic rings. The van der Waals surface area contributed by atoms with E-state index < -0.39 is 10.8 Å². The second-order valence-electron chi connectivity index (χ2n) is 5.93. The molecule has 2 nitrogen and oxygen atoms in total. The van der Waals surface area contributed by atoms with Crippen molar-refractivity contribution < 1.29 is 4.21 Å². The van der Waals surface area contributed by atoms with Gasteiger partial charge in [-0.25, -0.2) is 0 Å². The van der Waals surface area contributed by atoms with Gasteiger partial charge in [0.1, 0.15) is 5.37 Å². The van der Waals surface area contributed by atoms with Crippen LogP contribution in [0.2, 0.25) is 0 Å². The van der Waals surface area contributed by atoms with Crippen LogP contribution >= 0.6 is 0 Å². The lowest BCUT2D eigenvalue weighted by molar-refractivity contribution is 0.615. The summed E-state index contributed by atoms with van der Waals surface area (Å²) < 4.78 is 13.1. The van der Waals surface area contributed by atoms with E-state index in [1.54, 1.807) is 0 Å². The summed E-state index contributed by atoms with van der Waals surface area (Å²) in [6.45, 7) is 6.91. The number of benzene rings is 2. The van der Waals surface area contributed by atoms with E-state index >= 15 is 0 Å². The Hall–Kier alpha value is -1.71. The summed E-state index contributed by atoms with van der Waals surface area (Å²) in [5, 5.41) is 5.71. The summed E-state index contributed by atoms with van der Waals surface area (Å²) in [6.07, 6.45) is 7.08. The van der Waals surface area contributed by atoms with E-state index in [0.717, 1.165) is 47.2 Å². The molecule has 0 bridgehead atoms. The smallest absolute Gasteiger partial charge is 0.110 e. The van der Waals surface area contributed by atoms with Crippen LogP contribution < -0.4 is 5.32 Å². The molecular formula is C20H23NOS. The zero-order valence-corrected chi connectivity index (χ0v) is 14.4. The fraction of sp³-hybridized carbons (Fsp3) is 0.300. The highest BCUT2D eigenvalue weighted by molar-refractivity contribution is 7.86. The van der Waals surface area contributed by atoms with Gasteiger partial charge in [-0.3, -0.25) is 9.53 Å². The number of hydrogen-bond donors (Lipinski definition) is 1. The van der Waals surface area contributed by atoms with Crippen molar-refractivity contribution in [2.45, 2.75) is 36.5 Å². The molecule has 1 heterocycles. The van der Waals surface area contributed by atoms with Gasteiger partial charge < -0.3 is 0 Å². The Bertz CT molecular complexity index is 778. The summed E-state index contributed by atoms with van der Waals surface area (Å²) in [6, 6.07) is 12.5. The second-order valence-corrected chi connectivity index (χ2v) is 7.44. The van der Waals surface area contributed by atoms with Crippen molar-refractivity contribution in [3.8, 4) is 0 Å². The van der Waals surface area contributed by atoms with E-state index in [4.69, 9.17) is 0 Å². The average molecular weight is 325 g/mol. The molecule has 0 spiro atoms. The molecule has 0 saturated heterocycles. The molecule has 0 aromatic heterocycles. The fourth-order valence-corrected chi connectivity index (χ4v) is 4.57. The van der Waals surface area contributed by atoms with Gasteiger partial charge in [0.2, 0.25) is 0 Å². The van der Waals surface area contributed by atoms with Crippen molar-refractivity contribution >= 4 is 27.6 Å². The number of nitrogens with one attached hydrogen (secondary N) is 1. The van der Waals surface area contributed by atoms with Crippen molar-refractivity contribution in [3.63, 3.8) is 0 Å². The molecule has 0 amide bonds. The molecule has 2 aromatic carbocycles. The molecule has 2 unspecified atom stereocenters. The summed E-state index contributed by atoms with van der Waals surface area (Å²) in [4.78, 5) is 0.936. The lowest BCUT2D eigenvalue weighted by Crippen LogP contribution is -2.37. The highest BCUT2D eigenvalue weighted by atomic mass is 32.2. The average Bonchev–Trinajstić information content (AvgIpc) is 2.56. The fourth-order valence-electron chi connectivity index (χ4n) is 3.01. The zero-order valence-electron chi connectivity index (χ0n) is 13.5. The SMILES string of the molecule is C=CCC1=Cc2cc3ccccc3cc2S(=O)C1NCCCC. The molecule has 120 valence electrons. The topological polar surface area (TPSA) is 29.1 Å². The van der Waals surface area contributed by atoms with Gasteiger partial charge in [-0.2, -0.15) is 0 Å². The Morgan fingerprint density at radius 3 is 2.70 bits per heavy atom. The van der Waals surface area contributed by atoms with E-state index in [9.17, 15) is 4.21 Å². The number of unbranched alkanes of at least 4 members (excludes halogenated alkanes) is 1. The molecule has 2 atom stereocenters. The van der Waals surface area contributed by atoms with Crippen LogP contribution in [0.4, 0.5) is 0 Å². The van der Waals surface area contributed by atoms with Gasteiger partial charge in [-0.05, 0) is 53.4 Å². The maximum absolute atomic E-state index is 13.1. The van der Waals surface area contributed by atoms with Gasteiger partial charge in [0, 0.05) is 4.90 Å². The third-order valence-corrected chi connectivity index (χ3v) is 5.91. The molecule has 0 fully saturated rings. The van der Waals surface area contributed by atoms with E-state index in [-0.39, 0.29) is 5.37 Å². The molecule has 0 aliphatic carbocycles. The summed E-state index contributed by atoms with van der Waals surface area (Å²) in [5.41, 5.74) is 2.24. The predicted molar refractivity (Wildman–Crippen MR) is 99.8 cm³/mol. The second kappa shape index (κ2) is 7.24. The number of rotatable bonds is 6. The molecule has 23 heavy (non-hydrogen) atoms. The summed E-state index contributed by atoms with van der Waals surface area (Å²) in [7, 11) is -1.07. The molecule has 1 aliphatic rings. The van der Waals surface area contributed by atoms with Crippen LogP contribution in [0.15, 0.2) is 59.5 Å². The first-order valence-electron chi connectivity index (χ1n) is 8.22. The Morgan fingerprint density at radius 2 is 2.00 bits per heavy atom. The van der Waals surface area contributed by atoms with Crippen molar-refractivity contribution in [1.29, 1.82) is 0 Å². The maximum atomic E-state index is 13.1. The third kappa shape index (κ3) is 3.31. The quantitative estimate of drug-likeness (QED) is 0.619. The monoisotopic (exact) mass is 325 g/mol. The Morgan fingerprint density at radius 1 is 1.26 bits per heavy atom. The lowest BCUT2D eigenvalue weighted by atomic mass is 10.0. The van der Waals surface area contributed by atoms with Gasteiger partial charge in [-0.15, -0.1) is 6.58 Å². The maximum Gasteiger partial charge on any atom is 0.110 e. The Kier molecular flexibility index (Phi) is 5.09. The first-order valence-corrected chi connectivity index (χ1v) is 9.44. The normalized spacial score (nSPS) is 20.1. The molecule has 3 heteroatoms. The Labute approximate surface area is 140 Å². The van der Waals surface area contributed by atoms with Gasteiger partial charge >= 0.3 is 0 Å². The van der Waals surface area contributed by atoms with Crippen LogP contribution in [0.3, 0.4) is 0 Å². The van der Waals surface area contributed by atoms with Crippen LogP contribution in [-0.2, 0) is 10.8 Å². The van der Waals surface area contributed by atoms with E-state index in [1.807, 2.05) is 18.2 Å². The highest BCUT2D eigenvalue weighted by Crippen LogP contribution is 2.33. The van der Waals surface area contributed by atoms with Crippen LogP contribution in [0.1, 0.15) is 31.7 Å².